The number of allylic oxidation sites excluding steroid dienone is 1. The van der Waals surface area contributed by atoms with Crippen molar-refractivity contribution in [1.29, 1.82) is 5.26 Å². The van der Waals surface area contributed by atoms with Crippen LogP contribution >= 0.6 is 0 Å². The van der Waals surface area contributed by atoms with Gasteiger partial charge in [0.15, 0.2) is 11.5 Å². The largest absolute Gasteiger partial charge is 0.355 e. The molecule has 3 rings (SSSR count). The van der Waals surface area contributed by atoms with Crippen molar-refractivity contribution in [2.24, 2.45) is 5.92 Å². The van der Waals surface area contributed by atoms with Gasteiger partial charge in [-0.1, -0.05) is 12.6 Å². The number of ketones is 1. The number of rotatable bonds is 6. The van der Waals surface area contributed by atoms with Gasteiger partial charge in [-0.05, 0) is 48.6 Å². The third kappa shape index (κ3) is 4.31. The Morgan fingerprint density at radius 1 is 1.35 bits per heavy atom. The zero-order chi connectivity index (χ0) is 18.5. The zero-order valence-electron chi connectivity index (χ0n) is 14.9. The van der Waals surface area contributed by atoms with E-state index >= 15 is 0 Å². The van der Waals surface area contributed by atoms with Crippen LogP contribution in [0.1, 0.15) is 36.7 Å². The summed E-state index contributed by atoms with van der Waals surface area (Å²) >= 11 is 0. The van der Waals surface area contributed by atoms with Crippen molar-refractivity contribution in [3.8, 4) is 6.07 Å². The number of carbonyl (C=O) groups is 1. The molecule has 2 aromatic heterocycles. The lowest BCUT2D eigenvalue weighted by molar-refractivity contribution is -0.119. The van der Waals surface area contributed by atoms with E-state index in [1.165, 1.54) is 0 Å². The molecule has 0 bridgehead atoms. The summed E-state index contributed by atoms with van der Waals surface area (Å²) in [7, 11) is 0. The van der Waals surface area contributed by atoms with Crippen LogP contribution in [-0.4, -0.2) is 34.1 Å². The maximum atomic E-state index is 12.4. The molecule has 0 radical (unpaired) electrons. The summed E-state index contributed by atoms with van der Waals surface area (Å²) in [6.45, 7) is 7.46. The summed E-state index contributed by atoms with van der Waals surface area (Å²) in [6.07, 6.45) is 3.63. The molecule has 2 aromatic rings. The predicted molar refractivity (Wildman–Crippen MR) is 99.3 cm³/mol. The molecule has 26 heavy (non-hydrogen) atoms. The number of nitriles is 1. The standard InChI is InChI=1S/C20H21N5O/c1-14(2)16-3-4-17(22-12-16)10-19(26)9-15-7-8-25(13-15)20-6-5-18(11-21)23-24-20/h3-6,12,15H,1,7-10,13H2,2H3/t15-/m1/s1. The van der Waals surface area contributed by atoms with Crippen molar-refractivity contribution in [2.75, 3.05) is 18.0 Å². The molecule has 0 aliphatic carbocycles. The summed E-state index contributed by atoms with van der Waals surface area (Å²) in [6, 6.07) is 9.30. The second kappa shape index (κ2) is 7.87. The van der Waals surface area contributed by atoms with Crippen LogP contribution in [0.5, 0.6) is 0 Å². The van der Waals surface area contributed by atoms with E-state index in [1.54, 1.807) is 12.3 Å². The highest BCUT2D eigenvalue weighted by molar-refractivity contribution is 5.81. The molecular formula is C20H21N5O. The molecule has 6 nitrogen and oxygen atoms in total. The van der Waals surface area contributed by atoms with E-state index in [4.69, 9.17) is 5.26 Å². The number of Topliss-reactive ketones (excluding diaryl/α,β-unsaturated/α-hetero) is 1. The molecule has 0 N–H and O–H groups in total. The van der Waals surface area contributed by atoms with E-state index in [0.717, 1.165) is 42.2 Å². The molecule has 1 atom stereocenters. The molecule has 6 heteroatoms. The lowest BCUT2D eigenvalue weighted by Gasteiger charge is -2.16. The molecule has 0 saturated carbocycles. The van der Waals surface area contributed by atoms with E-state index in [2.05, 4.69) is 26.7 Å². The van der Waals surface area contributed by atoms with Gasteiger partial charge in [-0.25, -0.2) is 0 Å². The lowest BCUT2D eigenvalue weighted by atomic mass is 9.99. The van der Waals surface area contributed by atoms with Gasteiger partial charge in [0.1, 0.15) is 11.9 Å². The van der Waals surface area contributed by atoms with Crippen LogP contribution in [0.4, 0.5) is 5.82 Å². The highest BCUT2D eigenvalue weighted by Gasteiger charge is 2.25. The highest BCUT2D eigenvalue weighted by atomic mass is 16.1. The molecule has 0 spiro atoms. The number of aromatic nitrogens is 3. The Morgan fingerprint density at radius 3 is 2.81 bits per heavy atom. The minimum atomic E-state index is 0.207. The Labute approximate surface area is 153 Å². The minimum Gasteiger partial charge on any atom is -0.355 e. The van der Waals surface area contributed by atoms with Gasteiger partial charge in [0.2, 0.25) is 0 Å². The number of carbonyl (C=O) groups excluding carboxylic acids is 1. The van der Waals surface area contributed by atoms with Crippen molar-refractivity contribution in [2.45, 2.75) is 26.2 Å². The highest BCUT2D eigenvalue weighted by Crippen LogP contribution is 2.24. The molecule has 1 aliphatic heterocycles. The van der Waals surface area contributed by atoms with Gasteiger partial charge in [-0.3, -0.25) is 9.78 Å². The first kappa shape index (κ1) is 17.7. The first-order chi connectivity index (χ1) is 12.5. The average molecular weight is 347 g/mol. The third-order valence-corrected chi connectivity index (χ3v) is 4.59. The lowest BCUT2D eigenvalue weighted by Crippen LogP contribution is -2.22. The maximum absolute atomic E-state index is 12.4. The smallest absolute Gasteiger partial charge is 0.163 e. The fourth-order valence-electron chi connectivity index (χ4n) is 3.14. The normalized spacial score (nSPS) is 16.3. The van der Waals surface area contributed by atoms with Crippen molar-refractivity contribution in [3.63, 3.8) is 0 Å². The number of pyridine rings is 1. The van der Waals surface area contributed by atoms with E-state index < -0.39 is 0 Å². The molecule has 0 amide bonds. The Balaban J connectivity index is 1.52. The van der Waals surface area contributed by atoms with E-state index in [0.29, 0.717) is 24.5 Å². The Morgan fingerprint density at radius 2 is 2.19 bits per heavy atom. The molecule has 1 saturated heterocycles. The van der Waals surface area contributed by atoms with Crippen LogP contribution in [0.15, 0.2) is 37.0 Å². The summed E-state index contributed by atoms with van der Waals surface area (Å²) in [5, 5.41) is 16.7. The van der Waals surface area contributed by atoms with Gasteiger partial charge in [-0.2, -0.15) is 5.26 Å². The summed E-state index contributed by atoms with van der Waals surface area (Å²) in [5.41, 5.74) is 3.07. The van der Waals surface area contributed by atoms with Crippen molar-refractivity contribution >= 4 is 17.2 Å². The van der Waals surface area contributed by atoms with Gasteiger partial charge in [0, 0.05) is 37.8 Å². The second-order valence-electron chi connectivity index (χ2n) is 6.73. The quantitative estimate of drug-likeness (QED) is 0.799. The van der Waals surface area contributed by atoms with E-state index in [1.807, 2.05) is 31.2 Å². The van der Waals surface area contributed by atoms with Gasteiger partial charge in [0.05, 0.1) is 0 Å². The molecule has 1 aliphatic rings. The monoisotopic (exact) mass is 347 g/mol. The average Bonchev–Trinajstić information content (AvgIpc) is 3.10. The number of hydrogen-bond acceptors (Lipinski definition) is 6. The van der Waals surface area contributed by atoms with E-state index in [9.17, 15) is 4.79 Å². The summed E-state index contributed by atoms with van der Waals surface area (Å²) < 4.78 is 0. The summed E-state index contributed by atoms with van der Waals surface area (Å²) in [4.78, 5) is 18.8. The first-order valence-corrected chi connectivity index (χ1v) is 8.66. The van der Waals surface area contributed by atoms with Gasteiger partial charge >= 0.3 is 0 Å². The Kier molecular flexibility index (Phi) is 5.37. The fraction of sp³-hybridized carbons (Fsp3) is 0.350. The van der Waals surface area contributed by atoms with Crippen molar-refractivity contribution < 1.29 is 4.79 Å². The Hall–Kier alpha value is -3.07. The number of anilines is 1. The van der Waals surface area contributed by atoms with Crippen LogP contribution in [0, 0.1) is 17.2 Å². The fourth-order valence-corrected chi connectivity index (χ4v) is 3.14. The van der Waals surface area contributed by atoms with Crippen LogP contribution < -0.4 is 4.90 Å². The SMILES string of the molecule is C=C(C)c1ccc(CC(=O)C[C@H]2CCN(c3ccc(C#N)nn3)C2)nc1. The second-order valence-corrected chi connectivity index (χ2v) is 6.73. The van der Waals surface area contributed by atoms with E-state index in [-0.39, 0.29) is 5.78 Å². The molecular weight excluding hydrogens is 326 g/mol. The first-order valence-electron chi connectivity index (χ1n) is 8.66. The molecule has 0 aromatic carbocycles. The maximum Gasteiger partial charge on any atom is 0.163 e. The van der Waals surface area contributed by atoms with Crippen molar-refractivity contribution in [3.05, 3.63) is 54.0 Å². The molecule has 0 unspecified atom stereocenters. The van der Waals surface area contributed by atoms with Crippen LogP contribution in [0.2, 0.25) is 0 Å². The zero-order valence-corrected chi connectivity index (χ0v) is 14.9. The van der Waals surface area contributed by atoms with Crippen LogP contribution in [0.3, 0.4) is 0 Å². The van der Waals surface area contributed by atoms with Crippen LogP contribution in [-0.2, 0) is 11.2 Å². The molecule has 3 heterocycles. The minimum absolute atomic E-state index is 0.207. The molecule has 1 fully saturated rings. The topological polar surface area (TPSA) is 82.8 Å². The number of hydrogen-bond donors (Lipinski definition) is 0. The van der Waals surface area contributed by atoms with Crippen molar-refractivity contribution in [1.82, 2.24) is 15.2 Å². The third-order valence-electron chi connectivity index (χ3n) is 4.59. The number of nitrogens with zero attached hydrogens (tertiary/aromatic N) is 5. The van der Waals surface area contributed by atoms with Crippen LogP contribution in [0.25, 0.3) is 5.57 Å². The van der Waals surface area contributed by atoms with Gasteiger partial charge in [0.25, 0.3) is 0 Å². The predicted octanol–water partition coefficient (Wildman–Crippen LogP) is 2.80. The molecule has 132 valence electrons. The van der Waals surface area contributed by atoms with Gasteiger partial charge < -0.3 is 4.90 Å². The Bertz CT molecular complexity index is 836. The summed E-state index contributed by atoms with van der Waals surface area (Å²) in [5.74, 6) is 1.28. The van der Waals surface area contributed by atoms with Gasteiger partial charge in [-0.15, -0.1) is 10.2 Å².